The summed E-state index contributed by atoms with van der Waals surface area (Å²) in [4.78, 5) is 27.7. The molecule has 6 heteroatoms. The molecule has 6 nitrogen and oxygen atoms in total. The van der Waals surface area contributed by atoms with Crippen molar-refractivity contribution in [2.45, 2.75) is 58.0 Å². The number of carboxylic acids is 1. The highest BCUT2D eigenvalue weighted by atomic mass is 16.7. The quantitative estimate of drug-likeness (QED) is 0.551. The topological polar surface area (TPSA) is 88.0 Å². The van der Waals surface area contributed by atoms with Gasteiger partial charge in [0.25, 0.3) is 0 Å². The monoisotopic (exact) mass is 360 g/mol. The van der Waals surface area contributed by atoms with Crippen LogP contribution in [0.2, 0.25) is 0 Å². The van der Waals surface area contributed by atoms with Gasteiger partial charge in [-0.2, -0.15) is 0 Å². The summed E-state index contributed by atoms with van der Waals surface area (Å²) in [6.45, 7) is 4.87. The number of aryl methyl sites for hydroxylation is 1. The van der Waals surface area contributed by atoms with E-state index in [9.17, 15) is 9.59 Å². The number of carbonyl (C=O) groups is 2. The fraction of sp³-hybridized carbons (Fsp3) is 0.550. The largest absolute Gasteiger partial charge is 0.478 e. The first kappa shape index (κ1) is 19.9. The minimum atomic E-state index is -1.33. The first-order chi connectivity index (χ1) is 12.2. The molecule has 0 aliphatic heterocycles. The molecule has 1 aliphatic rings. The predicted octanol–water partition coefficient (Wildman–Crippen LogP) is 3.11. The van der Waals surface area contributed by atoms with Crippen LogP contribution >= 0.6 is 0 Å². The summed E-state index contributed by atoms with van der Waals surface area (Å²) in [5.74, 6) is -0.338. The van der Waals surface area contributed by atoms with E-state index < -0.39 is 11.6 Å². The van der Waals surface area contributed by atoms with Crippen LogP contribution in [0.25, 0.3) is 0 Å². The number of amides is 1. The summed E-state index contributed by atoms with van der Waals surface area (Å²) >= 11 is 0. The lowest BCUT2D eigenvalue weighted by Gasteiger charge is -2.37. The number of benzene rings is 1. The van der Waals surface area contributed by atoms with Gasteiger partial charge >= 0.3 is 5.97 Å². The third-order valence-electron chi connectivity index (χ3n) is 5.07. The first-order valence-electron chi connectivity index (χ1n) is 9.00. The molecule has 1 aromatic rings. The van der Waals surface area contributed by atoms with Crippen molar-refractivity contribution < 1.29 is 19.5 Å². The summed E-state index contributed by atoms with van der Waals surface area (Å²) < 4.78 is 0. The molecule has 2 unspecified atom stereocenters. The highest BCUT2D eigenvalue weighted by Gasteiger charge is 2.35. The Labute approximate surface area is 154 Å². The van der Waals surface area contributed by atoms with E-state index in [2.05, 4.69) is 34.7 Å². The maximum atomic E-state index is 11.3. The van der Waals surface area contributed by atoms with Gasteiger partial charge in [-0.15, -0.1) is 0 Å². The van der Waals surface area contributed by atoms with Crippen LogP contribution in [0.1, 0.15) is 57.1 Å². The first-order valence-corrected chi connectivity index (χ1v) is 9.00. The second kappa shape index (κ2) is 8.34. The predicted molar refractivity (Wildman–Crippen MR) is 100 cm³/mol. The molecular weight excluding hydrogens is 332 g/mol. The Morgan fingerprint density at radius 2 is 1.92 bits per heavy atom. The molecule has 2 atom stereocenters. The molecule has 1 fully saturated rings. The molecule has 0 saturated heterocycles. The number of carbonyl (C=O) groups excluding carboxylic acids is 1. The highest BCUT2D eigenvalue weighted by molar-refractivity contribution is 5.86. The number of rotatable bonds is 8. The highest BCUT2D eigenvalue weighted by Crippen LogP contribution is 2.43. The van der Waals surface area contributed by atoms with Crippen LogP contribution < -0.4 is 5.32 Å². The Kier molecular flexibility index (Phi) is 6.40. The number of nitrogens with zero attached hydrogens (tertiary/aromatic N) is 1. The van der Waals surface area contributed by atoms with Crippen LogP contribution in [0.15, 0.2) is 29.4 Å². The minimum Gasteiger partial charge on any atom is -0.478 e. The zero-order valence-corrected chi connectivity index (χ0v) is 15.9. The van der Waals surface area contributed by atoms with E-state index >= 15 is 0 Å². The van der Waals surface area contributed by atoms with Crippen molar-refractivity contribution >= 4 is 17.6 Å². The van der Waals surface area contributed by atoms with E-state index in [0.29, 0.717) is 12.3 Å². The fourth-order valence-corrected chi connectivity index (χ4v) is 3.01. The number of carboxylic acid groups (broad SMARTS) is 1. The van der Waals surface area contributed by atoms with Crippen molar-refractivity contribution in [3.05, 3.63) is 35.4 Å². The maximum absolute atomic E-state index is 11.3. The number of hydrogen-bond acceptors (Lipinski definition) is 4. The summed E-state index contributed by atoms with van der Waals surface area (Å²) in [5.41, 5.74) is 1.90. The molecule has 0 spiro atoms. The molecule has 2 N–H and O–H groups in total. The summed E-state index contributed by atoms with van der Waals surface area (Å²) in [6.07, 6.45) is 3.32. The molecule has 142 valence electrons. The molecule has 1 aromatic carbocycles. The van der Waals surface area contributed by atoms with E-state index in [-0.39, 0.29) is 11.8 Å². The molecule has 1 amide bonds. The summed E-state index contributed by atoms with van der Waals surface area (Å²) in [6, 6.07) is 8.38. The van der Waals surface area contributed by atoms with Crippen LogP contribution in [-0.2, 0) is 20.8 Å². The van der Waals surface area contributed by atoms with Gasteiger partial charge in [-0.25, -0.2) is 4.79 Å². The van der Waals surface area contributed by atoms with E-state index in [1.165, 1.54) is 19.4 Å². The fourth-order valence-electron chi connectivity index (χ4n) is 3.01. The van der Waals surface area contributed by atoms with Crippen molar-refractivity contribution in [3.8, 4) is 0 Å². The number of aliphatic carboxylic acids is 1. The van der Waals surface area contributed by atoms with Crippen LogP contribution in [-0.4, -0.2) is 35.3 Å². The third kappa shape index (κ3) is 4.84. The summed E-state index contributed by atoms with van der Waals surface area (Å²) in [7, 11) is 1.65. The van der Waals surface area contributed by atoms with Gasteiger partial charge in [0.15, 0.2) is 0 Å². The molecule has 0 bridgehead atoms. The van der Waals surface area contributed by atoms with E-state index in [4.69, 9.17) is 9.94 Å². The number of oxime groups is 1. The third-order valence-corrected chi connectivity index (χ3v) is 5.07. The van der Waals surface area contributed by atoms with Crippen LogP contribution in [0.4, 0.5) is 0 Å². The normalized spacial score (nSPS) is 20.2. The van der Waals surface area contributed by atoms with Gasteiger partial charge in [0, 0.05) is 19.4 Å². The molecule has 0 heterocycles. The van der Waals surface area contributed by atoms with Gasteiger partial charge in [-0.3, -0.25) is 4.79 Å². The molecule has 0 aromatic heterocycles. The van der Waals surface area contributed by atoms with Crippen molar-refractivity contribution in [2.75, 3.05) is 7.05 Å². The SMILES string of the molecule is CNC(=O)CCc1ccc(C2CCC2/C(C)=N/OC(C)(C)C(=O)O)cc1. The van der Waals surface area contributed by atoms with E-state index in [0.717, 1.165) is 30.5 Å². The average Bonchev–Trinajstić information content (AvgIpc) is 2.58. The van der Waals surface area contributed by atoms with Crippen LogP contribution in [0.5, 0.6) is 0 Å². The second-order valence-corrected chi connectivity index (χ2v) is 7.34. The van der Waals surface area contributed by atoms with Crippen molar-refractivity contribution in [1.29, 1.82) is 0 Å². The number of hydrogen-bond donors (Lipinski definition) is 2. The molecule has 26 heavy (non-hydrogen) atoms. The zero-order chi connectivity index (χ0) is 19.3. The van der Waals surface area contributed by atoms with E-state index in [1.54, 1.807) is 7.05 Å². The van der Waals surface area contributed by atoms with Crippen molar-refractivity contribution in [1.82, 2.24) is 5.32 Å². The average molecular weight is 360 g/mol. The number of nitrogens with one attached hydrogen (secondary N) is 1. The smallest absolute Gasteiger partial charge is 0.350 e. The lowest BCUT2D eigenvalue weighted by atomic mass is 9.68. The Hall–Kier alpha value is -2.37. The Morgan fingerprint density at radius 1 is 1.27 bits per heavy atom. The van der Waals surface area contributed by atoms with Gasteiger partial charge < -0.3 is 15.3 Å². The van der Waals surface area contributed by atoms with Crippen LogP contribution in [0, 0.1) is 5.92 Å². The van der Waals surface area contributed by atoms with Gasteiger partial charge in [0.05, 0.1) is 5.71 Å². The van der Waals surface area contributed by atoms with Gasteiger partial charge in [-0.1, -0.05) is 29.4 Å². The van der Waals surface area contributed by atoms with Gasteiger partial charge in [-0.05, 0) is 57.1 Å². The van der Waals surface area contributed by atoms with Crippen molar-refractivity contribution in [2.24, 2.45) is 11.1 Å². The zero-order valence-electron chi connectivity index (χ0n) is 15.9. The van der Waals surface area contributed by atoms with Crippen molar-refractivity contribution in [3.63, 3.8) is 0 Å². The molecule has 2 rings (SSSR count). The Balaban J connectivity index is 1.97. The van der Waals surface area contributed by atoms with Gasteiger partial charge in [0.1, 0.15) is 0 Å². The molecule has 1 saturated carbocycles. The second-order valence-electron chi connectivity index (χ2n) is 7.34. The standard InChI is InChI=1S/C20H28N2O4/c1-13(22-26-20(2,3)19(24)25)16-10-11-17(16)15-8-5-14(6-9-15)7-12-18(23)21-4/h5-6,8-9,16-17H,7,10-12H2,1-4H3,(H,21,23)(H,24,25)/b22-13+. The lowest BCUT2D eigenvalue weighted by molar-refractivity contribution is -0.161. The molecule has 1 aliphatic carbocycles. The summed E-state index contributed by atoms with van der Waals surface area (Å²) in [5, 5.41) is 15.8. The van der Waals surface area contributed by atoms with Gasteiger partial charge in [0.2, 0.25) is 11.5 Å². The Bertz CT molecular complexity index is 680. The maximum Gasteiger partial charge on any atom is 0.350 e. The van der Waals surface area contributed by atoms with Crippen LogP contribution in [0.3, 0.4) is 0 Å². The lowest BCUT2D eigenvalue weighted by Crippen LogP contribution is -2.35. The molecular formula is C20H28N2O4. The minimum absolute atomic E-state index is 0.0456. The molecule has 0 radical (unpaired) electrons. The Morgan fingerprint density at radius 3 is 2.42 bits per heavy atom. The van der Waals surface area contributed by atoms with E-state index in [1.807, 2.05) is 6.92 Å².